The van der Waals surface area contributed by atoms with Crippen LogP contribution in [-0.4, -0.2) is 21.7 Å². The summed E-state index contributed by atoms with van der Waals surface area (Å²) in [6.07, 6.45) is 0.493. The zero-order valence-corrected chi connectivity index (χ0v) is 14.9. The number of aromatic nitrogens is 2. The van der Waals surface area contributed by atoms with E-state index in [-0.39, 0.29) is 12.2 Å². The molecule has 1 N–H and O–H groups in total. The Kier molecular flexibility index (Phi) is 4.72. The summed E-state index contributed by atoms with van der Waals surface area (Å²) in [4.78, 5) is 28.6. The van der Waals surface area contributed by atoms with Gasteiger partial charge in [-0.25, -0.2) is 0 Å². The van der Waals surface area contributed by atoms with Crippen LogP contribution in [0.15, 0.2) is 28.8 Å². The zero-order chi connectivity index (χ0) is 18.8. The maximum Gasteiger partial charge on any atom is 0.189 e. The molecule has 0 amide bonds. The molecule has 2 heterocycles. The molecule has 0 saturated heterocycles. The van der Waals surface area contributed by atoms with Crippen LogP contribution in [0, 0.1) is 38.0 Å². The number of benzene rings is 1. The van der Waals surface area contributed by atoms with Crippen molar-refractivity contribution in [2.75, 3.05) is 0 Å². The van der Waals surface area contributed by atoms with Crippen LogP contribution in [-0.2, 0) is 11.2 Å². The molecule has 0 fully saturated rings. The average Bonchev–Trinajstić information content (AvgIpc) is 3.12. The topological polar surface area (TPSA) is 99.8 Å². The number of nitrogens with zero attached hydrogens (tertiary/aromatic N) is 2. The third-order valence-corrected chi connectivity index (χ3v) is 4.66. The lowest BCUT2D eigenvalue weighted by Gasteiger charge is -2.08. The Balaban J connectivity index is 1.83. The third-order valence-electron chi connectivity index (χ3n) is 4.66. The Morgan fingerprint density at radius 2 is 2.00 bits per heavy atom. The second-order valence-corrected chi connectivity index (χ2v) is 6.37. The van der Waals surface area contributed by atoms with E-state index in [0.29, 0.717) is 23.4 Å². The number of nitriles is 1. The molecule has 0 aliphatic rings. The molecule has 132 valence electrons. The summed E-state index contributed by atoms with van der Waals surface area (Å²) >= 11 is 0. The number of para-hydroxylation sites is 1. The second kappa shape index (κ2) is 6.96. The highest BCUT2D eigenvalue weighted by Gasteiger charge is 2.30. The van der Waals surface area contributed by atoms with Crippen molar-refractivity contribution in [1.29, 1.82) is 5.26 Å². The van der Waals surface area contributed by atoms with E-state index in [0.717, 1.165) is 22.2 Å². The van der Waals surface area contributed by atoms with Gasteiger partial charge in [-0.1, -0.05) is 23.4 Å². The van der Waals surface area contributed by atoms with Crippen LogP contribution in [0.3, 0.4) is 0 Å². The maximum absolute atomic E-state index is 12.9. The van der Waals surface area contributed by atoms with Gasteiger partial charge in [0.25, 0.3) is 0 Å². The lowest BCUT2D eigenvalue weighted by atomic mass is 9.90. The van der Waals surface area contributed by atoms with Gasteiger partial charge in [0.15, 0.2) is 17.5 Å². The van der Waals surface area contributed by atoms with Gasteiger partial charge in [0.2, 0.25) is 0 Å². The molecule has 0 radical (unpaired) electrons. The summed E-state index contributed by atoms with van der Waals surface area (Å²) in [6.45, 7) is 5.36. The van der Waals surface area contributed by atoms with E-state index in [1.165, 1.54) is 0 Å². The number of hydrogen-bond donors (Lipinski definition) is 1. The van der Waals surface area contributed by atoms with Gasteiger partial charge >= 0.3 is 0 Å². The highest BCUT2D eigenvalue weighted by atomic mass is 16.5. The van der Waals surface area contributed by atoms with Crippen LogP contribution in [0.4, 0.5) is 0 Å². The lowest BCUT2D eigenvalue weighted by molar-refractivity contribution is -0.120. The maximum atomic E-state index is 12.9. The van der Waals surface area contributed by atoms with Crippen molar-refractivity contribution in [3.63, 3.8) is 0 Å². The van der Waals surface area contributed by atoms with Crippen molar-refractivity contribution in [1.82, 2.24) is 10.1 Å². The third kappa shape index (κ3) is 3.04. The minimum Gasteiger partial charge on any atom is -0.361 e. The fraction of sp³-hybridized carbons (Fsp3) is 0.300. The largest absolute Gasteiger partial charge is 0.361 e. The Hall–Kier alpha value is -3.20. The number of nitrogens with one attached hydrogen (secondary N) is 1. The number of hydrogen-bond acceptors (Lipinski definition) is 5. The number of carbonyl (C=O) groups excluding carboxylic acids is 2. The van der Waals surface area contributed by atoms with Crippen LogP contribution < -0.4 is 0 Å². The van der Waals surface area contributed by atoms with Gasteiger partial charge in [0.1, 0.15) is 5.76 Å². The van der Waals surface area contributed by atoms with Crippen LogP contribution >= 0.6 is 0 Å². The summed E-state index contributed by atoms with van der Waals surface area (Å²) in [7, 11) is 0. The molecular formula is C20H19N3O3. The Morgan fingerprint density at radius 1 is 1.27 bits per heavy atom. The summed E-state index contributed by atoms with van der Waals surface area (Å²) in [6, 6.07) is 9.25. The summed E-state index contributed by atoms with van der Waals surface area (Å²) in [5, 5.41) is 14.1. The predicted octanol–water partition coefficient (Wildman–Crippen LogP) is 3.61. The summed E-state index contributed by atoms with van der Waals surface area (Å²) in [5.74, 6) is -1.50. The zero-order valence-electron chi connectivity index (χ0n) is 14.9. The molecule has 0 saturated carbocycles. The molecule has 3 rings (SSSR count). The first-order valence-corrected chi connectivity index (χ1v) is 8.39. The molecule has 0 aliphatic carbocycles. The number of carbonyl (C=O) groups is 2. The molecule has 0 aliphatic heterocycles. The average molecular weight is 349 g/mol. The highest BCUT2D eigenvalue weighted by molar-refractivity contribution is 6.18. The molecule has 3 aromatic rings. The smallest absolute Gasteiger partial charge is 0.189 e. The number of ketones is 2. The van der Waals surface area contributed by atoms with Gasteiger partial charge in [0.05, 0.1) is 11.8 Å². The Labute approximate surface area is 150 Å². The van der Waals surface area contributed by atoms with Gasteiger partial charge in [-0.3, -0.25) is 9.59 Å². The quantitative estimate of drug-likeness (QED) is 0.541. The molecule has 0 bridgehead atoms. The van der Waals surface area contributed by atoms with Gasteiger partial charge < -0.3 is 9.51 Å². The SMILES string of the molecule is Cc1noc(C)c1CCC(=O)C(C#N)C(=O)c1c(C)[nH]c2ccccc12. The minimum absolute atomic E-state index is 0.0915. The molecule has 1 atom stereocenters. The first-order valence-electron chi connectivity index (χ1n) is 8.39. The predicted molar refractivity (Wildman–Crippen MR) is 95.8 cm³/mol. The monoisotopic (exact) mass is 349 g/mol. The molecule has 1 unspecified atom stereocenters. The van der Waals surface area contributed by atoms with Crippen molar-refractivity contribution < 1.29 is 14.1 Å². The number of H-pyrrole nitrogens is 1. The van der Waals surface area contributed by atoms with Crippen molar-refractivity contribution in [3.8, 4) is 6.07 Å². The summed E-state index contributed by atoms with van der Waals surface area (Å²) < 4.78 is 5.09. The fourth-order valence-corrected chi connectivity index (χ4v) is 3.27. The molecule has 26 heavy (non-hydrogen) atoms. The molecule has 1 aromatic carbocycles. The number of aromatic amines is 1. The molecule has 6 heteroatoms. The van der Waals surface area contributed by atoms with Crippen molar-refractivity contribution in [3.05, 3.63) is 52.5 Å². The first kappa shape index (κ1) is 17.6. The fourth-order valence-electron chi connectivity index (χ4n) is 3.27. The molecule has 2 aromatic heterocycles. The van der Waals surface area contributed by atoms with E-state index in [9.17, 15) is 14.9 Å². The number of aryl methyl sites for hydroxylation is 3. The van der Waals surface area contributed by atoms with Crippen LogP contribution in [0.25, 0.3) is 10.9 Å². The highest BCUT2D eigenvalue weighted by Crippen LogP contribution is 2.25. The van der Waals surface area contributed by atoms with E-state index in [2.05, 4.69) is 10.1 Å². The molecular weight excluding hydrogens is 330 g/mol. The summed E-state index contributed by atoms with van der Waals surface area (Å²) in [5.41, 5.74) is 3.47. The van der Waals surface area contributed by atoms with Gasteiger partial charge in [0, 0.05) is 34.1 Å². The number of Topliss-reactive ketones (excluding diaryl/α,β-unsaturated/α-hetero) is 2. The van der Waals surface area contributed by atoms with Gasteiger partial charge in [-0.2, -0.15) is 5.26 Å². The van der Waals surface area contributed by atoms with Crippen molar-refractivity contribution >= 4 is 22.5 Å². The van der Waals surface area contributed by atoms with Crippen LogP contribution in [0.1, 0.15) is 39.5 Å². The van der Waals surface area contributed by atoms with Crippen molar-refractivity contribution in [2.24, 2.45) is 5.92 Å². The molecule has 6 nitrogen and oxygen atoms in total. The van der Waals surface area contributed by atoms with Crippen LogP contribution in [0.2, 0.25) is 0 Å². The Bertz CT molecular complexity index is 1020. The van der Waals surface area contributed by atoms with E-state index in [4.69, 9.17) is 4.52 Å². The van der Waals surface area contributed by atoms with E-state index >= 15 is 0 Å². The minimum atomic E-state index is -1.31. The van der Waals surface area contributed by atoms with Gasteiger partial charge in [-0.05, 0) is 33.3 Å². The normalized spacial score (nSPS) is 12.1. The van der Waals surface area contributed by atoms with Gasteiger partial charge in [-0.15, -0.1) is 0 Å². The second-order valence-electron chi connectivity index (χ2n) is 6.37. The van der Waals surface area contributed by atoms with E-state index in [1.54, 1.807) is 20.8 Å². The Morgan fingerprint density at radius 3 is 2.65 bits per heavy atom. The molecule has 0 spiro atoms. The van der Waals surface area contributed by atoms with Crippen LogP contribution in [0.5, 0.6) is 0 Å². The van der Waals surface area contributed by atoms with Crippen molar-refractivity contribution in [2.45, 2.75) is 33.6 Å². The lowest BCUT2D eigenvalue weighted by Crippen LogP contribution is -2.23. The van der Waals surface area contributed by atoms with E-state index in [1.807, 2.05) is 30.3 Å². The number of fused-ring (bicyclic) bond motifs is 1. The first-order chi connectivity index (χ1) is 12.4. The standard InChI is InChI=1S/C20H19N3O3/c1-11-14(13(3)26-23-11)8-9-18(24)16(10-21)20(25)19-12(2)22-17-7-5-4-6-15(17)19/h4-7,16,22H,8-9H2,1-3H3. The van der Waals surface area contributed by atoms with E-state index < -0.39 is 11.7 Å². The number of rotatable bonds is 6.